The number of nitro groups is 1. The minimum atomic E-state index is -4.84. The summed E-state index contributed by atoms with van der Waals surface area (Å²) in [7, 11) is 0. The summed E-state index contributed by atoms with van der Waals surface area (Å²) < 4.78 is 38.2. The first kappa shape index (κ1) is 14.6. The summed E-state index contributed by atoms with van der Waals surface area (Å²) in [4.78, 5) is 9.71. The molecule has 2 aromatic rings. The predicted molar refractivity (Wildman–Crippen MR) is 69.6 cm³/mol. The molecule has 0 bridgehead atoms. The van der Waals surface area contributed by atoms with Gasteiger partial charge in [-0.15, -0.1) is 0 Å². The zero-order valence-electron chi connectivity index (χ0n) is 10.4. The van der Waals surface area contributed by atoms with Crippen molar-refractivity contribution in [2.24, 2.45) is 0 Å². The maximum atomic E-state index is 12.7. The van der Waals surface area contributed by atoms with Crippen molar-refractivity contribution in [2.45, 2.75) is 6.18 Å². The van der Waals surface area contributed by atoms with E-state index in [1.54, 1.807) is 0 Å². The molecule has 2 aromatic carbocycles. The molecule has 0 spiro atoms. The molecule has 8 heteroatoms. The van der Waals surface area contributed by atoms with Gasteiger partial charge in [0.15, 0.2) is 0 Å². The van der Waals surface area contributed by atoms with Crippen molar-refractivity contribution < 1.29 is 23.2 Å². The van der Waals surface area contributed by atoms with Gasteiger partial charge in [0.1, 0.15) is 11.3 Å². The quantitative estimate of drug-likeness (QED) is 0.504. The Morgan fingerprint density at radius 1 is 1.19 bits per heavy atom. The van der Waals surface area contributed by atoms with E-state index in [0.717, 1.165) is 12.1 Å². The van der Waals surface area contributed by atoms with E-state index in [9.17, 15) is 28.4 Å². The van der Waals surface area contributed by atoms with E-state index in [2.05, 4.69) is 0 Å². The first-order chi connectivity index (χ1) is 9.71. The van der Waals surface area contributed by atoms with Crippen molar-refractivity contribution in [3.8, 4) is 16.9 Å². The predicted octanol–water partition coefficient (Wildman–Crippen LogP) is 3.57. The van der Waals surface area contributed by atoms with Crippen LogP contribution in [0.3, 0.4) is 0 Å². The molecule has 0 aliphatic heterocycles. The second-order valence-electron chi connectivity index (χ2n) is 4.23. The fourth-order valence-corrected chi connectivity index (χ4v) is 1.95. The Labute approximate surface area is 116 Å². The molecule has 0 aliphatic carbocycles. The number of rotatable bonds is 2. The second-order valence-corrected chi connectivity index (χ2v) is 4.23. The zero-order chi connectivity index (χ0) is 15.8. The number of alkyl halides is 3. The largest absolute Gasteiger partial charge is 0.507 e. The van der Waals surface area contributed by atoms with Crippen LogP contribution in [-0.4, -0.2) is 10.0 Å². The summed E-state index contributed by atoms with van der Waals surface area (Å²) in [5.41, 5.74) is 3.38. The number of phenols is 1. The summed E-state index contributed by atoms with van der Waals surface area (Å²) in [5, 5.41) is 20.6. The number of anilines is 1. The molecule has 0 aromatic heterocycles. The third-order valence-electron chi connectivity index (χ3n) is 2.86. The highest BCUT2D eigenvalue weighted by Gasteiger charge is 2.38. The molecule has 2 rings (SSSR count). The molecule has 110 valence electrons. The molecule has 0 saturated carbocycles. The minimum absolute atomic E-state index is 0.0327. The van der Waals surface area contributed by atoms with Crippen molar-refractivity contribution in [3.63, 3.8) is 0 Å². The number of halogens is 3. The van der Waals surface area contributed by atoms with Crippen molar-refractivity contribution in [2.75, 3.05) is 5.73 Å². The van der Waals surface area contributed by atoms with Crippen molar-refractivity contribution in [1.82, 2.24) is 0 Å². The van der Waals surface area contributed by atoms with Gasteiger partial charge in [0.25, 0.3) is 5.69 Å². The zero-order valence-corrected chi connectivity index (χ0v) is 10.4. The van der Waals surface area contributed by atoms with Gasteiger partial charge in [0.2, 0.25) is 0 Å². The molecule has 0 radical (unpaired) electrons. The summed E-state index contributed by atoms with van der Waals surface area (Å²) in [6, 6.07) is 6.54. The SMILES string of the molecule is Nc1cccc(O)c1-c1ccc(C(F)(F)F)c([N+](=O)[O-])c1. The van der Waals surface area contributed by atoms with Crippen LogP contribution < -0.4 is 5.73 Å². The maximum absolute atomic E-state index is 12.7. The van der Waals surface area contributed by atoms with E-state index >= 15 is 0 Å². The molecule has 0 atom stereocenters. The van der Waals surface area contributed by atoms with E-state index in [1.807, 2.05) is 0 Å². The number of nitrogen functional groups attached to an aromatic ring is 1. The van der Waals surface area contributed by atoms with Gasteiger partial charge >= 0.3 is 6.18 Å². The van der Waals surface area contributed by atoms with Gasteiger partial charge in [-0.2, -0.15) is 13.2 Å². The van der Waals surface area contributed by atoms with Crippen LogP contribution in [0.1, 0.15) is 5.56 Å². The molecule has 0 aliphatic rings. The van der Waals surface area contributed by atoms with Crippen LogP contribution in [0, 0.1) is 10.1 Å². The molecule has 0 unspecified atom stereocenters. The average Bonchev–Trinajstić information content (AvgIpc) is 2.37. The van der Waals surface area contributed by atoms with E-state index in [4.69, 9.17) is 5.73 Å². The maximum Gasteiger partial charge on any atom is 0.422 e. The van der Waals surface area contributed by atoms with Crippen LogP contribution >= 0.6 is 0 Å². The Hall–Kier alpha value is -2.77. The van der Waals surface area contributed by atoms with E-state index in [-0.39, 0.29) is 22.6 Å². The normalized spacial score (nSPS) is 11.4. The van der Waals surface area contributed by atoms with E-state index in [1.165, 1.54) is 18.2 Å². The molecule has 0 saturated heterocycles. The number of nitro benzene ring substituents is 1. The van der Waals surface area contributed by atoms with Crippen LogP contribution in [0.4, 0.5) is 24.5 Å². The molecule has 0 fully saturated rings. The lowest BCUT2D eigenvalue weighted by Gasteiger charge is -2.11. The molecular weight excluding hydrogens is 289 g/mol. The molecule has 5 nitrogen and oxygen atoms in total. The van der Waals surface area contributed by atoms with Crippen LogP contribution in [0.2, 0.25) is 0 Å². The third kappa shape index (κ3) is 2.73. The number of phenolic OH excluding ortho intramolecular Hbond substituents is 1. The van der Waals surface area contributed by atoms with Crippen molar-refractivity contribution >= 4 is 11.4 Å². The van der Waals surface area contributed by atoms with Crippen molar-refractivity contribution in [3.05, 3.63) is 52.1 Å². The van der Waals surface area contributed by atoms with Gasteiger partial charge in [-0.3, -0.25) is 10.1 Å². The van der Waals surface area contributed by atoms with Gasteiger partial charge < -0.3 is 10.8 Å². The summed E-state index contributed by atoms with van der Waals surface area (Å²) in [6.45, 7) is 0. The Morgan fingerprint density at radius 2 is 1.86 bits per heavy atom. The fourth-order valence-electron chi connectivity index (χ4n) is 1.95. The second kappa shape index (κ2) is 4.97. The van der Waals surface area contributed by atoms with Crippen LogP contribution in [-0.2, 0) is 6.18 Å². The first-order valence-electron chi connectivity index (χ1n) is 5.65. The van der Waals surface area contributed by atoms with Crippen LogP contribution in [0.15, 0.2) is 36.4 Å². The van der Waals surface area contributed by atoms with E-state index in [0.29, 0.717) is 6.07 Å². The number of hydrogen-bond donors (Lipinski definition) is 2. The highest BCUT2D eigenvalue weighted by molar-refractivity contribution is 5.83. The Kier molecular flexibility index (Phi) is 3.46. The van der Waals surface area contributed by atoms with Gasteiger partial charge in [-0.25, -0.2) is 0 Å². The number of aromatic hydroxyl groups is 1. The Morgan fingerprint density at radius 3 is 2.38 bits per heavy atom. The van der Waals surface area contributed by atoms with Gasteiger partial charge in [0, 0.05) is 17.3 Å². The lowest BCUT2D eigenvalue weighted by molar-refractivity contribution is -0.388. The highest BCUT2D eigenvalue weighted by atomic mass is 19.4. The number of hydrogen-bond acceptors (Lipinski definition) is 4. The number of benzene rings is 2. The highest BCUT2D eigenvalue weighted by Crippen LogP contribution is 2.41. The van der Waals surface area contributed by atoms with Gasteiger partial charge in [-0.05, 0) is 23.8 Å². The van der Waals surface area contributed by atoms with Crippen molar-refractivity contribution in [1.29, 1.82) is 0 Å². The first-order valence-corrected chi connectivity index (χ1v) is 5.65. The Bertz CT molecular complexity index is 694. The molecule has 21 heavy (non-hydrogen) atoms. The summed E-state index contributed by atoms with van der Waals surface area (Å²) >= 11 is 0. The number of nitrogens with two attached hydrogens (primary N) is 1. The number of nitrogens with zero attached hydrogens (tertiary/aromatic N) is 1. The van der Waals surface area contributed by atoms with Gasteiger partial charge in [-0.1, -0.05) is 12.1 Å². The van der Waals surface area contributed by atoms with Crippen LogP contribution in [0.25, 0.3) is 11.1 Å². The third-order valence-corrected chi connectivity index (χ3v) is 2.86. The molecule has 0 heterocycles. The lowest BCUT2D eigenvalue weighted by Crippen LogP contribution is -2.09. The summed E-state index contributed by atoms with van der Waals surface area (Å²) in [6.07, 6.45) is -4.84. The standard InChI is InChI=1S/C13H9F3N2O3/c14-13(15,16)8-5-4-7(6-10(8)18(20)21)12-9(17)2-1-3-11(12)19/h1-6,19H,17H2. The topological polar surface area (TPSA) is 89.4 Å². The van der Waals surface area contributed by atoms with E-state index < -0.39 is 22.4 Å². The molecular formula is C13H9F3N2O3. The molecule has 0 amide bonds. The average molecular weight is 298 g/mol. The smallest absolute Gasteiger partial charge is 0.422 e. The fraction of sp³-hybridized carbons (Fsp3) is 0.0769. The van der Waals surface area contributed by atoms with Crippen LogP contribution in [0.5, 0.6) is 5.75 Å². The monoisotopic (exact) mass is 298 g/mol. The van der Waals surface area contributed by atoms with Gasteiger partial charge in [0.05, 0.1) is 4.92 Å². The Balaban J connectivity index is 2.69. The molecule has 3 N–H and O–H groups in total. The minimum Gasteiger partial charge on any atom is -0.507 e. The lowest BCUT2D eigenvalue weighted by atomic mass is 10.00. The summed E-state index contributed by atoms with van der Waals surface area (Å²) in [5.74, 6) is -0.274.